The molecule has 4 aromatic rings. The van der Waals surface area contributed by atoms with Gasteiger partial charge in [0.05, 0.1) is 11.7 Å². The van der Waals surface area contributed by atoms with Crippen LogP contribution in [-0.2, 0) is 5.60 Å². The second-order valence-electron chi connectivity index (χ2n) is 7.05. The molecule has 0 aliphatic heterocycles. The van der Waals surface area contributed by atoms with E-state index >= 15 is 0 Å². The van der Waals surface area contributed by atoms with Crippen molar-refractivity contribution in [1.29, 1.82) is 0 Å². The molecule has 0 aromatic heterocycles. The van der Waals surface area contributed by atoms with Gasteiger partial charge in [0.2, 0.25) is 0 Å². The highest BCUT2D eigenvalue weighted by Crippen LogP contribution is 2.38. The van der Waals surface area contributed by atoms with Crippen molar-refractivity contribution < 1.29 is 10.2 Å². The van der Waals surface area contributed by atoms with E-state index in [1.807, 2.05) is 97.9 Å². The van der Waals surface area contributed by atoms with Gasteiger partial charge in [-0.2, -0.15) is 0 Å². The van der Waals surface area contributed by atoms with Crippen LogP contribution in [0, 0.1) is 0 Å². The van der Waals surface area contributed by atoms with E-state index in [9.17, 15) is 10.2 Å². The Kier molecular flexibility index (Phi) is 4.76. The number of phenols is 1. The Labute approximate surface area is 164 Å². The Hall–Kier alpha value is -3.30. The zero-order valence-electron chi connectivity index (χ0n) is 15.7. The van der Waals surface area contributed by atoms with Crippen LogP contribution < -0.4 is 5.32 Å². The summed E-state index contributed by atoms with van der Waals surface area (Å²) in [7, 11) is 0. The summed E-state index contributed by atoms with van der Waals surface area (Å²) in [6.07, 6.45) is 0. The second-order valence-corrected chi connectivity index (χ2v) is 7.05. The highest BCUT2D eigenvalue weighted by molar-refractivity contribution is 5.97. The van der Waals surface area contributed by atoms with Gasteiger partial charge >= 0.3 is 0 Å². The quantitative estimate of drug-likeness (QED) is 0.419. The standard InChI is InChI=1S/C25H23NO2/c1-18(26-24-22-15-9-8-10-19(22)16-17-23(24)27)25(28,20-11-4-2-5-12-20)21-13-6-3-7-14-21/h2-18,26-28H,1H3/t18-/m1/s1. The first-order valence-corrected chi connectivity index (χ1v) is 9.41. The van der Waals surface area contributed by atoms with Gasteiger partial charge in [0, 0.05) is 5.39 Å². The summed E-state index contributed by atoms with van der Waals surface area (Å²) in [5.41, 5.74) is 0.934. The van der Waals surface area contributed by atoms with E-state index in [4.69, 9.17) is 0 Å². The SMILES string of the molecule is C[C@@H](Nc1c(O)ccc2ccccc12)C(O)(c1ccccc1)c1ccccc1. The van der Waals surface area contributed by atoms with Gasteiger partial charge in [-0.25, -0.2) is 0 Å². The topological polar surface area (TPSA) is 52.5 Å². The molecule has 4 aromatic carbocycles. The molecule has 28 heavy (non-hydrogen) atoms. The van der Waals surface area contributed by atoms with Crippen LogP contribution in [0.2, 0.25) is 0 Å². The van der Waals surface area contributed by atoms with Crippen molar-refractivity contribution in [2.75, 3.05) is 5.32 Å². The number of aliphatic hydroxyl groups is 1. The van der Waals surface area contributed by atoms with Crippen molar-refractivity contribution in [2.24, 2.45) is 0 Å². The number of hydrogen-bond donors (Lipinski definition) is 3. The maximum absolute atomic E-state index is 11.9. The molecule has 0 radical (unpaired) electrons. The largest absolute Gasteiger partial charge is 0.506 e. The molecule has 0 saturated carbocycles. The van der Waals surface area contributed by atoms with Crippen molar-refractivity contribution >= 4 is 16.5 Å². The molecule has 0 heterocycles. The van der Waals surface area contributed by atoms with Crippen molar-refractivity contribution in [1.82, 2.24) is 0 Å². The van der Waals surface area contributed by atoms with Crippen LogP contribution in [-0.4, -0.2) is 16.3 Å². The van der Waals surface area contributed by atoms with Crippen molar-refractivity contribution in [3.05, 3.63) is 108 Å². The molecule has 0 saturated heterocycles. The van der Waals surface area contributed by atoms with Gasteiger partial charge < -0.3 is 15.5 Å². The Bertz CT molecular complexity index is 1040. The molecule has 3 nitrogen and oxygen atoms in total. The van der Waals surface area contributed by atoms with Crippen LogP contribution in [0.25, 0.3) is 10.8 Å². The van der Waals surface area contributed by atoms with Crippen molar-refractivity contribution in [3.8, 4) is 5.75 Å². The van der Waals surface area contributed by atoms with Gasteiger partial charge in [-0.1, -0.05) is 91.0 Å². The Balaban J connectivity index is 1.82. The maximum Gasteiger partial charge on any atom is 0.139 e. The number of rotatable bonds is 5. The molecule has 0 bridgehead atoms. The van der Waals surface area contributed by atoms with Gasteiger partial charge in [0.1, 0.15) is 11.4 Å². The molecule has 1 atom stereocenters. The molecule has 3 N–H and O–H groups in total. The smallest absolute Gasteiger partial charge is 0.139 e. The molecule has 0 aliphatic carbocycles. The fourth-order valence-corrected chi connectivity index (χ4v) is 3.78. The lowest BCUT2D eigenvalue weighted by molar-refractivity contribution is 0.0647. The molecular formula is C25H23NO2. The molecule has 0 unspecified atom stereocenters. The summed E-state index contributed by atoms with van der Waals surface area (Å²) in [4.78, 5) is 0. The minimum Gasteiger partial charge on any atom is -0.506 e. The number of aromatic hydroxyl groups is 1. The van der Waals surface area contributed by atoms with E-state index in [1.54, 1.807) is 6.07 Å². The van der Waals surface area contributed by atoms with Crippen LogP contribution in [0.1, 0.15) is 18.1 Å². The number of anilines is 1. The summed E-state index contributed by atoms with van der Waals surface area (Å²) in [5.74, 6) is 0.161. The van der Waals surface area contributed by atoms with Crippen molar-refractivity contribution in [3.63, 3.8) is 0 Å². The average Bonchev–Trinajstić information content (AvgIpc) is 2.76. The van der Waals surface area contributed by atoms with Crippen LogP contribution >= 0.6 is 0 Å². The Morgan fingerprint density at radius 1 is 0.714 bits per heavy atom. The van der Waals surface area contributed by atoms with E-state index in [0.29, 0.717) is 5.69 Å². The zero-order valence-corrected chi connectivity index (χ0v) is 15.7. The normalized spacial score (nSPS) is 12.6. The predicted molar refractivity (Wildman–Crippen MR) is 115 cm³/mol. The summed E-state index contributed by atoms with van der Waals surface area (Å²) >= 11 is 0. The monoisotopic (exact) mass is 369 g/mol. The fourth-order valence-electron chi connectivity index (χ4n) is 3.78. The van der Waals surface area contributed by atoms with Gasteiger partial charge in [0.15, 0.2) is 0 Å². The minimum atomic E-state index is -1.27. The molecule has 4 rings (SSSR count). The van der Waals surface area contributed by atoms with Crippen LogP contribution in [0.3, 0.4) is 0 Å². The summed E-state index contributed by atoms with van der Waals surface area (Å²) < 4.78 is 0. The van der Waals surface area contributed by atoms with E-state index in [1.165, 1.54) is 0 Å². The van der Waals surface area contributed by atoms with Crippen molar-refractivity contribution in [2.45, 2.75) is 18.6 Å². The zero-order chi connectivity index (χ0) is 19.6. The number of nitrogens with one attached hydrogen (secondary N) is 1. The fraction of sp³-hybridized carbons (Fsp3) is 0.120. The summed E-state index contributed by atoms with van der Waals surface area (Å²) in [5, 5.41) is 27.8. The number of fused-ring (bicyclic) bond motifs is 1. The first kappa shape index (κ1) is 18.1. The first-order chi connectivity index (χ1) is 13.6. The number of phenolic OH excluding ortho intramolecular Hbond substituents is 1. The second kappa shape index (κ2) is 7.37. The lowest BCUT2D eigenvalue weighted by atomic mass is 9.80. The van der Waals surface area contributed by atoms with Gasteiger partial charge in [-0.3, -0.25) is 0 Å². The maximum atomic E-state index is 11.9. The van der Waals surface area contributed by atoms with E-state index in [0.717, 1.165) is 21.9 Å². The van der Waals surface area contributed by atoms with Gasteiger partial charge in [-0.15, -0.1) is 0 Å². The Morgan fingerprint density at radius 3 is 1.86 bits per heavy atom. The third-order valence-electron chi connectivity index (χ3n) is 5.32. The van der Waals surface area contributed by atoms with E-state index in [2.05, 4.69) is 5.32 Å². The lowest BCUT2D eigenvalue weighted by Gasteiger charge is -2.36. The van der Waals surface area contributed by atoms with E-state index in [-0.39, 0.29) is 5.75 Å². The highest BCUT2D eigenvalue weighted by atomic mass is 16.3. The van der Waals surface area contributed by atoms with E-state index < -0.39 is 11.6 Å². The summed E-state index contributed by atoms with van der Waals surface area (Å²) in [6, 6.07) is 30.3. The van der Waals surface area contributed by atoms with Crippen LogP contribution in [0.4, 0.5) is 5.69 Å². The van der Waals surface area contributed by atoms with Crippen LogP contribution in [0.15, 0.2) is 97.1 Å². The molecule has 0 aliphatic rings. The van der Waals surface area contributed by atoms with Crippen LogP contribution in [0.5, 0.6) is 5.75 Å². The average molecular weight is 369 g/mol. The van der Waals surface area contributed by atoms with Gasteiger partial charge in [0.25, 0.3) is 0 Å². The molecule has 140 valence electrons. The number of hydrogen-bond acceptors (Lipinski definition) is 3. The Morgan fingerprint density at radius 2 is 1.25 bits per heavy atom. The summed E-state index contributed by atoms with van der Waals surface area (Å²) in [6.45, 7) is 1.93. The lowest BCUT2D eigenvalue weighted by Crippen LogP contribution is -2.43. The van der Waals surface area contributed by atoms with Gasteiger partial charge in [-0.05, 0) is 29.5 Å². The predicted octanol–water partition coefficient (Wildman–Crippen LogP) is 5.28. The molecule has 0 spiro atoms. The third-order valence-corrected chi connectivity index (χ3v) is 5.32. The number of benzene rings is 4. The molecule has 0 amide bonds. The third kappa shape index (κ3) is 3.10. The highest BCUT2D eigenvalue weighted by Gasteiger charge is 2.38. The first-order valence-electron chi connectivity index (χ1n) is 9.41. The minimum absolute atomic E-state index is 0.161. The molecular weight excluding hydrogens is 346 g/mol. The molecule has 3 heteroatoms. The molecule has 0 fully saturated rings.